The number of pyridine rings is 1. The summed E-state index contributed by atoms with van der Waals surface area (Å²) in [6.07, 6.45) is 1.78. The first kappa shape index (κ1) is 14.9. The SMILES string of the molecule is Cn1ccc(-c2ccccc2-n2c(N)c3c(cc2=O)C(=O)NC3=O)n1. The smallest absolute Gasteiger partial charge is 0.262 e. The van der Waals surface area contributed by atoms with E-state index in [-0.39, 0.29) is 16.9 Å². The van der Waals surface area contributed by atoms with E-state index in [2.05, 4.69) is 10.4 Å². The molecule has 2 aromatic heterocycles. The van der Waals surface area contributed by atoms with Crippen molar-refractivity contribution in [3.8, 4) is 16.9 Å². The van der Waals surface area contributed by atoms with Crippen molar-refractivity contribution in [2.45, 2.75) is 0 Å². The molecule has 1 aliphatic rings. The number of hydrogen-bond acceptors (Lipinski definition) is 5. The van der Waals surface area contributed by atoms with Crippen LogP contribution in [0.4, 0.5) is 5.82 Å². The van der Waals surface area contributed by atoms with Crippen molar-refractivity contribution in [3.05, 3.63) is 64.1 Å². The molecular formula is C17H13N5O3. The number of nitrogens with zero attached hydrogens (tertiary/aromatic N) is 3. The Labute approximate surface area is 141 Å². The van der Waals surface area contributed by atoms with Gasteiger partial charge in [-0.15, -0.1) is 0 Å². The summed E-state index contributed by atoms with van der Waals surface area (Å²) in [5, 5.41) is 6.51. The maximum atomic E-state index is 12.6. The fourth-order valence-electron chi connectivity index (χ4n) is 2.97. The number of amides is 2. The number of nitrogen functional groups attached to an aromatic ring is 1. The number of anilines is 1. The summed E-state index contributed by atoms with van der Waals surface area (Å²) in [6.45, 7) is 0. The lowest BCUT2D eigenvalue weighted by molar-refractivity contribution is 0.0880. The average Bonchev–Trinajstić information content (AvgIpc) is 3.12. The van der Waals surface area contributed by atoms with Crippen molar-refractivity contribution < 1.29 is 9.59 Å². The van der Waals surface area contributed by atoms with Crippen molar-refractivity contribution in [1.29, 1.82) is 0 Å². The molecule has 0 unspecified atom stereocenters. The van der Waals surface area contributed by atoms with Crippen LogP contribution in [-0.4, -0.2) is 26.2 Å². The Kier molecular flexibility index (Phi) is 3.08. The van der Waals surface area contributed by atoms with Crippen LogP contribution in [0.15, 0.2) is 47.4 Å². The van der Waals surface area contributed by atoms with Gasteiger partial charge < -0.3 is 5.73 Å². The molecule has 124 valence electrons. The number of benzene rings is 1. The second kappa shape index (κ2) is 5.17. The predicted octanol–water partition coefficient (Wildman–Crippen LogP) is 0.704. The fraction of sp³-hybridized carbons (Fsp3) is 0.0588. The Morgan fingerprint density at radius 2 is 1.80 bits per heavy atom. The van der Waals surface area contributed by atoms with Crippen molar-refractivity contribution in [3.63, 3.8) is 0 Å². The molecule has 1 aromatic carbocycles. The summed E-state index contributed by atoms with van der Waals surface area (Å²) >= 11 is 0. The molecular weight excluding hydrogens is 322 g/mol. The van der Waals surface area contributed by atoms with Crippen LogP contribution in [0, 0.1) is 0 Å². The number of carbonyl (C=O) groups is 2. The molecule has 0 atom stereocenters. The molecule has 0 bridgehead atoms. The third kappa shape index (κ3) is 2.15. The van der Waals surface area contributed by atoms with E-state index in [1.807, 2.05) is 18.2 Å². The normalized spacial score (nSPS) is 13.0. The van der Waals surface area contributed by atoms with Gasteiger partial charge in [0.1, 0.15) is 5.82 Å². The van der Waals surface area contributed by atoms with Gasteiger partial charge >= 0.3 is 0 Å². The lowest BCUT2D eigenvalue weighted by Crippen LogP contribution is -2.24. The molecule has 0 spiro atoms. The largest absolute Gasteiger partial charge is 0.384 e. The number of fused-ring (bicyclic) bond motifs is 1. The maximum Gasteiger partial charge on any atom is 0.262 e. The highest BCUT2D eigenvalue weighted by Gasteiger charge is 2.32. The second-order valence-corrected chi connectivity index (χ2v) is 5.67. The summed E-state index contributed by atoms with van der Waals surface area (Å²) in [5.74, 6) is -1.30. The monoisotopic (exact) mass is 335 g/mol. The third-order valence-electron chi connectivity index (χ3n) is 4.09. The van der Waals surface area contributed by atoms with Gasteiger partial charge in [0.15, 0.2) is 0 Å². The zero-order valence-electron chi connectivity index (χ0n) is 13.2. The zero-order chi connectivity index (χ0) is 17.7. The minimum absolute atomic E-state index is 0.000864. The summed E-state index contributed by atoms with van der Waals surface area (Å²) in [7, 11) is 1.79. The standard InChI is InChI=1S/C17H13N5O3/c1-21-7-6-11(20-21)9-4-2-3-5-12(9)22-13(23)8-10-14(15(22)18)17(25)19-16(10)24/h2-8H,18H2,1H3,(H,19,24,25). The number of hydrogen-bond donors (Lipinski definition) is 2. The van der Waals surface area contributed by atoms with E-state index in [1.165, 1.54) is 4.57 Å². The molecule has 3 aromatic rings. The van der Waals surface area contributed by atoms with Gasteiger partial charge in [-0.25, -0.2) is 0 Å². The van der Waals surface area contributed by atoms with E-state index in [0.717, 1.165) is 6.07 Å². The number of imide groups is 1. The first-order chi connectivity index (χ1) is 12.0. The lowest BCUT2D eigenvalue weighted by atomic mass is 10.1. The maximum absolute atomic E-state index is 12.6. The van der Waals surface area contributed by atoms with E-state index >= 15 is 0 Å². The van der Waals surface area contributed by atoms with E-state index in [0.29, 0.717) is 16.9 Å². The number of para-hydroxylation sites is 1. The van der Waals surface area contributed by atoms with Gasteiger partial charge in [0.05, 0.1) is 22.5 Å². The molecule has 0 radical (unpaired) electrons. The van der Waals surface area contributed by atoms with Gasteiger partial charge in [-0.3, -0.25) is 28.9 Å². The van der Waals surface area contributed by atoms with Crippen LogP contribution in [-0.2, 0) is 7.05 Å². The third-order valence-corrected chi connectivity index (χ3v) is 4.09. The number of carbonyl (C=O) groups excluding carboxylic acids is 2. The molecule has 3 N–H and O–H groups in total. The molecule has 0 aliphatic carbocycles. The molecule has 1 aliphatic heterocycles. The molecule has 2 amide bonds. The Hall–Kier alpha value is -3.68. The number of aryl methyl sites for hydroxylation is 1. The van der Waals surface area contributed by atoms with Gasteiger partial charge in [-0.2, -0.15) is 5.10 Å². The van der Waals surface area contributed by atoms with Crippen molar-refractivity contribution in [1.82, 2.24) is 19.7 Å². The van der Waals surface area contributed by atoms with Gasteiger partial charge in [-0.05, 0) is 12.1 Å². The highest BCUT2D eigenvalue weighted by molar-refractivity contribution is 6.23. The number of nitrogens with two attached hydrogens (primary N) is 1. The van der Waals surface area contributed by atoms with Gasteiger partial charge in [0, 0.05) is 24.9 Å². The Bertz CT molecular complexity index is 1110. The van der Waals surface area contributed by atoms with E-state index in [4.69, 9.17) is 5.73 Å². The predicted molar refractivity (Wildman–Crippen MR) is 90.5 cm³/mol. The molecule has 8 heteroatoms. The number of nitrogens with one attached hydrogen (secondary N) is 1. The first-order valence-corrected chi connectivity index (χ1v) is 7.48. The van der Waals surface area contributed by atoms with Crippen molar-refractivity contribution >= 4 is 17.6 Å². The van der Waals surface area contributed by atoms with Crippen LogP contribution in [0.25, 0.3) is 16.9 Å². The molecule has 0 saturated carbocycles. The van der Waals surface area contributed by atoms with Gasteiger partial charge in [-0.1, -0.05) is 18.2 Å². The Morgan fingerprint density at radius 1 is 1.04 bits per heavy atom. The summed E-state index contributed by atoms with van der Waals surface area (Å²) in [6, 6.07) is 10.0. The first-order valence-electron chi connectivity index (χ1n) is 7.48. The van der Waals surface area contributed by atoms with Crippen molar-refractivity contribution in [2.75, 3.05) is 5.73 Å². The van der Waals surface area contributed by atoms with Crippen LogP contribution in [0.3, 0.4) is 0 Å². The number of rotatable bonds is 2. The second-order valence-electron chi connectivity index (χ2n) is 5.67. The minimum Gasteiger partial charge on any atom is -0.384 e. The van der Waals surface area contributed by atoms with Crippen LogP contribution < -0.4 is 16.6 Å². The molecule has 0 saturated heterocycles. The van der Waals surface area contributed by atoms with Gasteiger partial charge in [0.25, 0.3) is 17.4 Å². The van der Waals surface area contributed by atoms with Crippen LogP contribution >= 0.6 is 0 Å². The highest BCUT2D eigenvalue weighted by atomic mass is 16.2. The van der Waals surface area contributed by atoms with E-state index in [1.54, 1.807) is 30.1 Å². The number of aromatic nitrogens is 3. The van der Waals surface area contributed by atoms with E-state index < -0.39 is 17.4 Å². The van der Waals surface area contributed by atoms with Crippen LogP contribution in [0.5, 0.6) is 0 Å². The molecule has 8 nitrogen and oxygen atoms in total. The van der Waals surface area contributed by atoms with Crippen LogP contribution in [0.2, 0.25) is 0 Å². The summed E-state index contributed by atoms with van der Waals surface area (Å²) in [5.41, 5.74) is 7.44. The minimum atomic E-state index is -0.617. The fourth-order valence-corrected chi connectivity index (χ4v) is 2.97. The van der Waals surface area contributed by atoms with Crippen LogP contribution in [0.1, 0.15) is 20.7 Å². The highest BCUT2D eigenvalue weighted by Crippen LogP contribution is 2.28. The molecule has 3 heterocycles. The summed E-state index contributed by atoms with van der Waals surface area (Å²) in [4.78, 5) is 36.4. The Balaban J connectivity index is 2.02. The van der Waals surface area contributed by atoms with E-state index in [9.17, 15) is 14.4 Å². The Morgan fingerprint density at radius 3 is 2.52 bits per heavy atom. The molecule has 0 fully saturated rings. The molecule has 25 heavy (non-hydrogen) atoms. The summed E-state index contributed by atoms with van der Waals surface area (Å²) < 4.78 is 2.87. The lowest BCUT2D eigenvalue weighted by Gasteiger charge is -2.14. The van der Waals surface area contributed by atoms with Crippen molar-refractivity contribution in [2.24, 2.45) is 7.05 Å². The van der Waals surface area contributed by atoms with Gasteiger partial charge in [0.2, 0.25) is 0 Å². The topological polar surface area (TPSA) is 112 Å². The quantitative estimate of drug-likeness (QED) is 0.670. The molecule has 4 rings (SSSR count). The average molecular weight is 335 g/mol. The zero-order valence-corrected chi connectivity index (χ0v) is 13.2.